The molecule has 0 radical (unpaired) electrons. The fraction of sp³-hybridized carbons (Fsp3) is 0.333. The monoisotopic (exact) mass is 406 g/mol. The zero-order chi connectivity index (χ0) is 19.6. The third-order valence-corrected chi connectivity index (χ3v) is 6.54. The minimum atomic E-state index is 0.532. The lowest BCUT2D eigenvalue weighted by molar-refractivity contribution is 0.424. The van der Waals surface area contributed by atoms with E-state index in [0.29, 0.717) is 24.1 Å². The molecule has 0 atom stereocenters. The summed E-state index contributed by atoms with van der Waals surface area (Å²) in [6.07, 6.45) is 6.59. The van der Waals surface area contributed by atoms with Gasteiger partial charge in [-0.15, -0.1) is 11.3 Å². The molecule has 0 amide bonds. The number of nitrogens with one attached hydrogen (secondary N) is 1. The molecule has 1 N–H and O–H groups in total. The number of benzene rings is 1. The van der Waals surface area contributed by atoms with Crippen LogP contribution in [0.4, 0.5) is 0 Å². The molecule has 1 fully saturated rings. The second-order valence-corrected chi connectivity index (χ2v) is 8.33. The first-order valence-corrected chi connectivity index (χ1v) is 10.7. The number of thiazole rings is 1. The van der Waals surface area contributed by atoms with Crippen molar-refractivity contribution in [1.29, 1.82) is 0 Å². The SMILES string of the molecule is Cc1nc(C2CCNCC2)sc1-c1nc(Cc2ccc(-n3cccn3)cc2)no1. The zero-order valence-corrected chi connectivity index (χ0v) is 17.0. The third-order valence-electron chi connectivity index (χ3n) is 5.23. The maximum atomic E-state index is 5.57. The molecule has 1 saturated heterocycles. The van der Waals surface area contributed by atoms with E-state index in [9.17, 15) is 0 Å². The van der Waals surface area contributed by atoms with E-state index in [-0.39, 0.29) is 0 Å². The van der Waals surface area contributed by atoms with Crippen LogP contribution in [-0.4, -0.2) is 38.0 Å². The molecule has 1 aromatic carbocycles. The molecule has 1 aliphatic heterocycles. The molecule has 4 heterocycles. The van der Waals surface area contributed by atoms with Gasteiger partial charge in [0, 0.05) is 24.7 Å². The molecule has 7 nitrogen and oxygen atoms in total. The highest BCUT2D eigenvalue weighted by Gasteiger charge is 2.23. The van der Waals surface area contributed by atoms with Gasteiger partial charge in [0.15, 0.2) is 5.82 Å². The van der Waals surface area contributed by atoms with Gasteiger partial charge in [0.1, 0.15) is 4.88 Å². The Kier molecular flexibility index (Phi) is 4.95. The van der Waals surface area contributed by atoms with Crippen LogP contribution in [0.3, 0.4) is 0 Å². The fourth-order valence-electron chi connectivity index (χ4n) is 3.65. The summed E-state index contributed by atoms with van der Waals surface area (Å²) >= 11 is 1.69. The van der Waals surface area contributed by atoms with Crippen LogP contribution in [0.15, 0.2) is 47.2 Å². The molecule has 5 rings (SSSR count). The minimum absolute atomic E-state index is 0.532. The number of piperidine rings is 1. The van der Waals surface area contributed by atoms with Crippen molar-refractivity contribution in [2.75, 3.05) is 13.1 Å². The number of rotatable bonds is 5. The molecule has 0 spiro atoms. The van der Waals surface area contributed by atoms with Crippen molar-refractivity contribution in [1.82, 2.24) is 30.2 Å². The van der Waals surface area contributed by atoms with Gasteiger partial charge >= 0.3 is 0 Å². The number of aromatic nitrogens is 5. The lowest BCUT2D eigenvalue weighted by Crippen LogP contribution is -2.26. The second kappa shape index (κ2) is 7.88. The Morgan fingerprint density at radius 1 is 1.17 bits per heavy atom. The van der Waals surface area contributed by atoms with Crippen LogP contribution in [0.1, 0.15) is 40.8 Å². The standard InChI is InChI=1S/C21H22N6OS/c1-14-19(29-21(24-14)16-7-10-22-11-8-16)20-25-18(26-28-20)13-15-3-5-17(6-4-15)27-12-2-9-23-27/h2-6,9,12,16,22H,7-8,10-11,13H2,1H3. The maximum absolute atomic E-state index is 5.57. The van der Waals surface area contributed by atoms with Crippen molar-refractivity contribution in [3.63, 3.8) is 0 Å². The second-order valence-electron chi connectivity index (χ2n) is 7.30. The summed E-state index contributed by atoms with van der Waals surface area (Å²) in [5.74, 6) is 1.79. The van der Waals surface area contributed by atoms with Gasteiger partial charge in [0.25, 0.3) is 5.89 Å². The van der Waals surface area contributed by atoms with Crippen LogP contribution in [0, 0.1) is 6.92 Å². The normalized spacial score (nSPS) is 15.1. The highest BCUT2D eigenvalue weighted by Crippen LogP contribution is 2.35. The van der Waals surface area contributed by atoms with Gasteiger partial charge in [-0.05, 0) is 56.6 Å². The molecule has 8 heteroatoms. The van der Waals surface area contributed by atoms with Crippen LogP contribution in [-0.2, 0) is 6.42 Å². The summed E-state index contributed by atoms with van der Waals surface area (Å²) in [4.78, 5) is 10.4. The molecule has 0 saturated carbocycles. The van der Waals surface area contributed by atoms with E-state index in [4.69, 9.17) is 9.51 Å². The predicted octanol–water partition coefficient (Wildman–Crippen LogP) is 3.75. The smallest absolute Gasteiger partial charge is 0.269 e. The number of aryl methyl sites for hydroxylation is 1. The summed E-state index contributed by atoms with van der Waals surface area (Å²) in [7, 11) is 0. The zero-order valence-electron chi connectivity index (χ0n) is 16.2. The van der Waals surface area contributed by atoms with E-state index in [0.717, 1.165) is 47.8 Å². The molecular weight excluding hydrogens is 384 g/mol. The number of hydrogen-bond donors (Lipinski definition) is 1. The molecule has 0 aliphatic carbocycles. The average Bonchev–Trinajstić information content (AvgIpc) is 3.50. The quantitative estimate of drug-likeness (QED) is 0.544. The largest absolute Gasteiger partial charge is 0.333 e. The first kappa shape index (κ1) is 18.2. The molecular formula is C21H22N6OS. The predicted molar refractivity (Wildman–Crippen MR) is 111 cm³/mol. The molecule has 29 heavy (non-hydrogen) atoms. The topological polar surface area (TPSA) is 81.7 Å². The van der Waals surface area contributed by atoms with E-state index in [2.05, 4.69) is 32.7 Å². The Labute approximate surface area is 172 Å². The Hall–Kier alpha value is -2.84. The highest BCUT2D eigenvalue weighted by molar-refractivity contribution is 7.15. The number of nitrogens with zero attached hydrogens (tertiary/aromatic N) is 5. The molecule has 3 aromatic heterocycles. The summed E-state index contributed by atoms with van der Waals surface area (Å²) in [6.45, 7) is 4.14. The van der Waals surface area contributed by atoms with Crippen molar-refractivity contribution in [3.8, 4) is 16.5 Å². The number of hydrogen-bond acceptors (Lipinski definition) is 7. The molecule has 0 unspecified atom stereocenters. The van der Waals surface area contributed by atoms with E-state index in [1.54, 1.807) is 17.5 Å². The van der Waals surface area contributed by atoms with Crippen molar-refractivity contribution < 1.29 is 4.52 Å². The van der Waals surface area contributed by atoms with Crippen molar-refractivity contribution in [2.24, 2.45) is 0 Å². The van der Waals surface area contributed by atoms with Crippen LogP contribution in [0.5, 0.6) is 0 Å². The van der Waals surface area contributed by atoms with Gasteiger partial charge in [0.2, 0.25) is 0 Å². The summed E-state index contributed by atoms with van der Waals surface area (Å²) < 4.78 is 7.41. The van der Waals surface area contributed by atoms with E-state index in [1.807, 2.05) is 36.0 Å². The Bertz CT molecular complexity index is 1080. The maximum Gasteiger partial charge on any atom is 0.269 e. The first-order chi connectivity index (χ1) is 14.3. The Morgan fingerprint density at radius 2 is 2.00 bits per heavy atom. The lowest BCUT2D eigenvalue weighted by atomic mass is 9.99. The van der Waals surface area contributed by atoms with Crippen molar-refractivity contribution in [2.45, 2.75) is 32.1 Å². The van der Waals surface area contributed by atoms with Crippen LogP contribution >= 0.6 is 11.3 Å². The van der Waals surface area contributed by atoms with Gasteiger partial charge in [0.05, 0.1) is 16.4 Å². The van der Waals surface area contributed by atoms with Gasteiger partial charge in [-0.25, -0.2) is 9.67 Å². The van der Waals surface area contributed by atoms with Gasteiger partial charge < -0.3 is 9.84 Å². The first-order valence-electron chi connectivity index (χ1n) is 9.86. The molecule has 0 bridgehead atoms. The summed E-state index contributed by atoms with van der Waals surface area (Å²) in [5, 5.41) is 13.0. The summed E-state index contributed by atoms with van der Waals surface area (Å²) in [6, 6.07) is 10.1. The minimum Gasteiger partial charge on any atom is -0.333 e. The van der Waals surface area contributed by atoms with Gasteiger partial charge in [-0.1, -0.05) is 17.3 Å². The summed E-state index contributed by atoms with van der Waals surface area (Å²) in [5.41, 5.74) is 3.13. The molecule has 1 aliphatic rings. The highest BCUT2D eigenvalue weighted by atomic mass is 32.1. The van der Waals surface area contributed by atoms with Crippen LogP contribution < -0.4 is 5.32 Å². The Morgan fingerprint density at radius 3 is 2.76 bits per heavy atom. The fourth-order valence-corrected chi connectivity index (χ4v) is 4.81. The molecule has 148 valence electrons. The van der Waals surface area contributed by atoms with Crippen LogP contribution in [0.2, 0.25) is 0 Å². The van der Waals surface area contributed by atoms with E-state index < -0.39 is 0 Å². The van der Waals surface area contributed by atoms with E-state index >= 15 is 0 Å². The lowest BCUT2D eigenvalue weighted by Gasteiger charge is -2.20. The van der Waals surface area contributed by atoms with Crippen molar-refractivity contribution >= 4 is 11.3 Å². The third kappa shape index (κ3) is 3.86. The van der Waals surface area contributed by atoms with E-state index in [1.165, 1.54) is 5.01 Å². The molecule has 4 aromatic rings. The Balaban J connectivity index is 1.31. The average molecular weight is 407 g/mol. The van der Waals surface area contributed by atoms with Gasteiger partial charge in [-0.3, -0.25) is 0 Å². The van der Waals surface area contributed by atoms with Crippen molar-refractivity contribution in [3.05, 3.63) is 64.8 Å². The van der Waals surface area contributed by atoms with Gasteiger partial charge in [-0.2, -0.15) is 10.1 Å². The van der Waals surface area contributed by atoms with Crippen LogP contribution in [0.25, 0.3) is 16.5 Å².